The average Bonchev–Trinajstić information content (AvgIpc) is 3.06. The van der Waals surface area contributed by atoms with E-state index in [-0.39, 0.29) is 37.3 Å². The van der Waals surface area contributed by atoms with Gasteiger partial charge in [0.2, 0.25) is 0 Å². The Labute approximate surface area is 311 Å². The lowest BCUT2D eigenvalue weighted by atomic mass is 9.72. The summed E-state index contributed by atoms with van der Waals surface area (Å²) in [7, 11) is 7.03. The van der Waals surface area contributed by atoms with Gasteiger partial charge < -0.3 is 64.2 Å². The molecule has 52 heavy (non-hydrogen) atoms. The second kappa shape index (κ2) is 17.8. The van der Waals surface area contributed by atoms with Crippen LogP contribution in [0.4, 0.5) is 0 Å². The molecule has 0 bridgehead atoms. The van der Waals surface area contributed by atoms with Crippen LogP contribution in [0.2, 0.25) is 0 Å². The van der Waals surface area contributed by atoms with Gasteiger partial charge in [0.15, 0.2) is 12.6 Å². The Morgan fingerprint density at radius 3 is 2.08 bits per heavy atom. The first-order chi connectivity index (χ1) is 24.0. The zero-order valence-electron chi connectivity index (χ0n) is 34.1. The van der Waals surface area contributed by atoms with Crippen LogP contribution < -0.4 is 5.32 Å². The fraction of sp³-hybridized carbons (Fsp3) is 0.974. The van der Waals surface area contributed by atoms with Gasteiger partial charge in [0.25, 0.3) is 0 Å². The Hall–Kier alpha value is -1.01. The summed E-state index contributed by atoms with van der Waals surface area (Å²) in [4.78, 5) is 16.1. The number of hydrogen-bond donors (Lipinski definition) is 6. The van der Waals surface area contributed by atoms with E-state index < -0.39 is 102 Å². The highest BCUT2D eigenvalue weighted by molar-refractivity contribution is 5.73. The van der Waals surface area contributed by atoms with Gasteiger partial charge in [0.1, 0.15) is 23.9 Å². The minimum atomic E-state index is -1.81. The second-order valence-corrected chi connectivity index (χ2v) is 17.0. The number of rotatable bonds is 8. The highest BCUT2D eigenvalue weighted by atomic mass is 16.7. The van der Waals surface area contributed by atoms with Crippen molar-refractivity contribution < 1.29 is 58.7 Å². The SMILES string of the molecule is CC[C@H]1OC(=O)[C@H](C)[C@@H](OC2CC(C)(OC)C(O)C(C)O2)[C@H](C)[C@@H](OC2OC(C)CC(N(C)C)C2O)[C@](C)(O)C[C@@H](C)[C@H](NC)[C@H](C)[C@@H](O)[C@]1(C)O. The van der Waals surface area contributed by atoms with Gasteiger partial charge in [-0.2, -0.15) is 0 Å². The highest BCUT2D eigenvalue weighted by Gasteiger charge is 2.53. The van der Waals surface area contributed by atoms with Crippen molar-refractivity contribution in [1.29, 1.82) is 0 Å². The van der Waals surface area contributed by atoms with E-state index in [1.807, 2.05) is 46.7 Å². The third kappa shape index (κ3) is 9.67. The van der Waals surface area contributed by atoms with E-state index in [4.69, 9.17) is 28.4 Å². The maximum Gasteiger partial charge on any atom is 0.311 e. The molecule has 8 unspecified atom stereocenters. The quantitative estimate of drug-likeness (QED) is 0.197. The summed E-state index contributed by atoms with van der Waals surface area (Å²) in [5.41, 5.74) is -4.45. The number of methoxy groups -OCH3 is 1. The van der Waals surface area contributed by atoms with E-state index in [9.17, 15) is 30.3 Å². The lowest BCUT2D eigenvalue weighted by Crippen LogP contribution is -2.62. The third-order valence-electron chi connectivity index (χ3n) is 12.4. The topological polar surface area (TPSA) is 189 Å². The van der Waals surface area contributed by atoms with Gasteiger partial charge in [-0.3, -0.25) is 4.79 Å². The fourth-order valence-electron chi connectivity index (χ4n) is 9.15. The van der Waals surface area contributed by atoms with E-state index in [1.165, 1.54) is 14.0 Å². The number of nitrogens with zero attached hydrogens (tertiary/aromatic N) is 1. The molecule has 0 aromatic carbocycles. The molecule has 14 heteroatoms. The van der Waals surface area contributed by atoms with Crippen LogP contribution >= 0.6 is 0 Å². The Morgan fingerprint density at radius 1 is 0.923 bits per heavy atom. The monoisotopic (exact) mass is 749 g/mol. The molecular formula is C38H72N2O12. The lowest BCUT2D eigenvalue weighted by molar-refractivity contribution is -0.318. The second-order valence-electron chi connectivity index (χ2n) is 17.0. The summed E-state index contributed by atoms with van der Waals surface area (Å²) >= 11 is 0. The molecule has 0 aromatic rings. The molecule has 3 fully saturated rings. The van der Waals surface area contributed by atoms with Crippen LogP contribution in [0.25, 0.3) is 0 Å². The summed E-state index contributed by atoms with van der Waals surface area (Å²) in [6, 6.07) is -0.673. The molecule has 14 nitrogen and oxygen atoms in total. The first-order valence-electron chi connectivity index (χ1n) is 19.2. The molecule has 0 radical (unpaired) electrons. The van der Waals surface area contributed by atoms with Gasteiger partial charge in [0.05, 0.1) is 47.6 Å². The summed E-state index contributed by atoms with van der Waals surface area (Å²) in [6.45, 7) is 17.5. The largest absolute Gasteiger partial charge is 0.459 e. The molecule has 3 heterocycles. The minimum absolute atomic E-state index is 0.131. The number of esters is 1. The molecule has 0 amide bonds. The standard InChI is InChI=1S/C38H72N2O12/c1-15-26-38(10,46)31(42)21(4)28(39-11)19(2)17-36(8,45)33(52-35-29(41)25(40(12)13)16-20(3)48-35)22(5)30(23(6)34(44)50-26)51-27-18-37(9,47-14)32(43)24(7)49-27/h19-33,35,39,41-43,45-46H,15-18H2,1-14H3/t19-,20?,21+,22+,23-,24?,25?,26-,27?,28+,29?,30+,31-,32?,33-,35?,36-,37?,38-/m1/s1. The molecule has 0 aliphatic carbocycles. The first kappa shape index (κ1) is 45.4. The predicted molar refractivity (Wildman–Crippen MR) is 194 cm³/mol. The molecule has 0 spiro atoms. The van der Waals surface area contributed by atoms with Crippen LogP contribution in [0.5, 0.6) is 0 Å². The maximum atomic E-state index is 14.2. The number of aliphatic hydroxyl groups excluding tert-OH is 3. The van der Waals surface area contributed by atoms with Gasteiger partial charge in [-0.1, -0.05) is 27.7 Å². The molecule has 3 saturated heterocycles. The van der Waals surface area contributed by atoms with Crippen molar-refractivity contribution >= 4 is 5.97 Å². The number of hydrogen-bond acceptors (Lipinski definition) is 14. The number of ether oxygens (including phenoxy) is 6. The zero-order chi connectivity index (χ0) is 39.7. The van der Waals surface area contributed by atoms with Crippen molar-refractivity contribution in [3.63, 3.8) is 0 Å². The third-order valence-corrected chi connectivity index (χ3v) is 12.4. The molecular weight excluding hydrogens is 676 g/mol. The van der Waals surface area contributed by atoms with E-state index in [2.05, 4.69) is 5.32 Å². The lowest BCUT2D eigenvalue weighted by Gasteiger charge is -2.49. The van der Waals surface area contributed by atoms with Crippen LogP contribution in [-0.4, -0.2) is 155 Å². The minimum Gasteiger partial charge on any atom is -0.459 e. The van der Waals surface area contributed by atoms with Crippen LogP contribution in [-0.2, 0) is 33.2 Å². The number of cyclic esters (lactones) is 1. The highest BCUT2D eigenvalue weighted by Crippen LogP contribution is 2.41. The Balaban J connectivity index is 2.20. The van der Waals surface area contributed by atoms with Crippen LogP contribution in [0.3, 0.4) is 0 Å². The summed E-state index contributed by atoms with van der Waals surface area (Å²) in [5, 5.41) is 61.8. The molecule has 3 aliphatic rings. The summed E-state index contributed by atoms with van der Waals surface area (Å²) in [5.74, 6) is -3.26. The average molecular weight is 749 g/mol. The molecule has 3 aliphatic heterocycles. The first-order valence-corrected chi connectivity index (χ1v) is 19.2. The maximum absolute atomic E-state index is 14.2. The van der Waals surface area contributed by atoms with Crippen LogP contribution in [0.15, 0.2) is 0 Å². The van der Waals surface area contributed by atoms with Crippen molar-refractivity contribution in [1.82, 2.24) is 10.2 Å². The zero-order valence-corrected chi connectivity index (χ0v) is 34.1. The number of aliphatic hydroxyl groups is 5. The molecule has 0 saturated carbocycles. The Bertz CT molecular complexity index is 1140. The van der Waals surface area contributed by atoms with Crippen LogP contribution in [0, 0.1) is 23.7 Å². The van der Waals surface area contributed by atoms with Gasteiger partial charge in [-0.05, 0) is 87.9 Å². The fourth-order valence-corrected chi connectivity index (χ4v) is 9.15. The van der Waals surface area contributed by atoms with Gasteiger partial charge >= 0.3 is 5.97 Å². The van der Waals surface area contributed by atoms with Crippen LogP contribution in [0.1, 0.15) is 94.9 Å². The van der Waals surface area contributed by atoms with Crippen molar-refractivity contribution in [2.75, 3.05) is 28.3 Å². The summed E-state index contributed by atoms with van der Waals surface area (Å²) in [6.07, 6.45) is -8.37. The van der Waals surface area contributed by atoms with Crippen molar-refractivity contribution in [3.8, 4) is 0 Å². The van der Waals surface area contributed by atoms with Gasteiger partial charge in [-0.15, -0.1) is 0 Å². The van der Waals surface area contributed by atoms with Gasteiger partial charge in [0, 0.05) is 37.5 Å². The van der Waals surface area contributed by atoms with E-state index >= 15 is 0 Å². The number of nitrogens with one attached hydrogen (secondary N) is 1. The molecule has 0 aromatic heterocycles. The molecule has 19 atom stereocenters. The Kier molecular flexibility index (Phi) is 15.6. The van der Waals surface area contributed by atoms with Gasteiger partial charge in [-0.25, -0.2) is 0 Å². The number of likely N-dealkylation sites (N-methyl/N-ethyl adjacent to an activating group) is 1. The number of carbonyl (C=O) groups excluding carboxylic acids is 1. The Morgan fingerprint density at radius 2 is 1.54 bits per heavy atom. The predicted octanol–water partition coefficient (Wildman–Crippen LogP) is 1.80. The smallest absolute Gasteiger partial charge is 0.311 e. The summed E-state index contributed by atoms with van der Waals surface area (Å²) < 4.78 is 37.5. The van der Waals surface area contributed by atoms with E-state index in [0.717, 1.165) is 0 Å². The van der Waals surface area contributed by atoms with Crippen molar-refractivity contribution in [2.45, 2.75) is 185 Å². The molecule has 6 N–H and O–H groups in total. The number of carbonyl (C=O) groups is 1. The van der Waals surface area contributed by atoms with Crippen molar-refractivity contribution in [2.24, 2.45) is 23.7 Å². The molecule has 306 valence electrons. The van der Waals surface area contributed by atoms with Crippen molar-refractivity contribution in [3.05, 3.63) is 0 Å². The van der Waals surface area contributed by atoms with E-state index in [0.29, 0.717) is 6.42 Å². The molecule has 3 rings (SSSR count). The normalized spacial score (nSPS) is 50.4. The van der Waals surface area contributed by atoms with E-state index in [1.54, 1.807) is 41.7 Å².